The number of cyclic esters (lactones) is 1. The number of amides is 2. The first-order valence-electron chi connectivity index (χ1n) is 7.58. The number of anilines is 2. The van der Waals surface area contributed by atoms with Crippen molar-refractivity contribution in [1.29, 1.82) is 0 Å². The van der Waals surface area contributed by atoms with Crippen LogP contribution in [0.15, 0.2) is 12.1 Å². The minimum absolute atomic E-state index is 0.0351. The molecule has 1 aromatic heterocycles. The van der Waals surface area contributed by atoms with Gasteiger partial charge in [-0.1, -0.05) is 0 Å². The first-order chi connectivity index (χ1) is 11.8. The average Bonchev–Trinajstić information content (AvgIpc) is 2.91. The number of carbonyl (C=O) groups excluding carboxylic acids is 2. The van der Waals surface area contributed by atoms with Crippen molar-refractivity contribution in [3.63, 3.8) is 0 Å². The van der Waals surface area contributed by atoms with Gasteiger partial charge in [0.1, 0.15) is 11.9 Å². The highest BCUT2D eigenvalue weighted by Gasteiger charge is 2.33. The Bertz CT molecular complexity index is 796. The summed E-state index contributed by atoms with van der Waals surface area (Å²) in [7, 11) is -3.47. The van der Waals surface area contributed by atoms with Gasteiger partial charge in [-0.05, 0) is 25.0 Å². The number of aromatic nitrogens is 1. The lowest BCUT2D eigenvalue weighted by Crippen LogP contribution is -2.29. The zero-order valence-corrected chi connectivity index (χ0v) is 14.2. The molecule has 0 bridgehead atoms. The van der Waals surface area contributed by atoms with E-state index in [-0.39, 0.29) is 37.6 Å². The molecule has 11 heteroatoms. The van der Waals surface area contributed by atoms with E-state index in [1.807, 2.05) is 0 Å². The van der Waals surface area contributed by atoms with Crippen LogP contribution in [0.2, 0.25) is 0 Å². The first-order valence-corrected chi connectivity index (χ1v) is 9.40. The maximum Gasteiger partial charge on any atom is 0.415 e. The molecule has 2 amide bonds. The molecule has 1 N–H and O–H groups in total. The van der Waals surface area contributed by atoms with Crippen molar-refractivity contribution in [1.82, 2.24) is 4.98 Å². The zero-order chi connectivity index (χ0) is 18.0. The molecule has 136 valence electrons. The molecule has 25 heavy (non-hydrogen) atoms. The minimum Gasteiger partial charge on any atom is -0.480 e. The van der Waals surface area contributed by atoms with Crippen LogP contribution in [0.1, 0.15) is 12.8 Å². The molecule has 3 heterocycles. The average molecular weight is 371 g/mol. The highest BCUT2D eigenvalue weighted by Crippen LogP contribution is 2.30. The molecule has 0 unspecified atom stereocenters. The third kappa shape index (κ3) is 4.37. The number of ether oxygens (including phenoxy) is 2. The van der Waals surface area contributed by atoms with Gasteiger partial charge in [0.2, 0.25) is 0 Å². The Labute approximate surface area is 144 Å². The van der Waals surface area contributed by atoms with E-state index in [0.29, 0.717) is 24.4 Å². The van der Waals surface area contributed by atoms with Crippen LogP contribution < -0.4 is 15.0 Å². The molecule has 1 saturated heterocycles. The zero-order valence-electron chi connectivity index (χ0n) is 13.4. The second-order valence-electron chi connectivity index (χ2n) is 5.64. The molecule has 0 spiro atoms. The van der Waals surface area contributed by atoms with Gasteiger partial charge in [0, 0.05) is 0 Å². The van der Waals surface area contributed by atoms with E-state index in [0.717, 1.165) is 6.26 Å². The molecule has 0 saturated carbocycles. The fourth-order valence-corrected chi connectivity index (χ4v) is 2.90. The van der Waals surface area contributed by atoms with Gasteiger partial charge in [-0.3, -0.25) is 13.9 Å². The van der Waals surface area contributed by atoms with Crippen molar-refractivity contribution in [2.75, 3.05) is 36.2 Å². The molecule has 0 radical (unpaired) electrons. The van der Waals surface area contributed by atoms with Crippen LogP contribution in [0, 0.1) is 0 Å². The molecule has 1 fully saturated rings. The number of nitrogens with one attached hydrogen (secondary N) is 1. The van der Waals surface area contributed by atoms with Gasteiger partial charge in [0.15, 0.2) is 18.2 Å². The lowest BCUT2D eigenvalue weighted by molar-refractivity contribution is -0.118. The maximum atomic E-state index is 12.0. The minimum atomic E-state index is -3.47. The van der Waals surface area contributed by atoms with E-state index >= 15 is 0 Å². The first kappa shape index (κ1) is 17.4. The summed E-state index contributed by atoms with van der Waals surface area (Å²) >= 11 is 0. The Morgan fingerprint density at radius 1 is 1.40 bits per heavy atom. The quantitative estimate of drug-likeness (QED) is 0.566. The predicted octanol–water partition coefficient (Wildman–Crippen LogP) is 0.494. The fraction of sp³-hybridized carbons (Fsp3) is 0.500. The predicted molar refractivity (Wildman–Crippen MR) is 86.0 cm³/mol. The number of pyridine rings is 1. The fourth-order valence-electron chi connectivity index (χ4n) is 2.48. The van der Waals surface area contributed by atoms with E-state index < -0.39 is 16.2 Å². The van der Waals surface area contributed by atoms with Crippen LogP contribution >= 0.6 is 0 Å². The van der Waals surface area contributed by atoms with E-state index in [9.17, 15) is 18.0 Å². The van der Waals surface area contributed by atoms with E-state index in [2.05, 4.69) is 14.5 Å². The molecular formula is C14H17N3O7S. The van der Waals surface area contributed by atoms with E-state index in [1.165, 1.54) is 4.90 Å². The summed E-state index contributed by atoms with van der Waals surface area (Å²) < 4.78 is 36.9. The summed E-state index contributed by atoms with van der Waals surface area (Å²) in [5.41, 5.74) is 0. The Kier molecular flexibility index (Phi) is 4.77. The van der Waals surface area contributed by atoms with Crippen molar-refractivity contribution >= 4 is 33.8 Å². The van der Waals surface area contributed by atoms with Crippen LogP contribution in [0.4, 0.5) is 16.4 Å². The smallest absolute Gasteiger partial charge is 0.415 e. The van der Waals surface area contributed by atoms with Gasteiger partial charge in [0.05, 0.1) is 19.4 Å². The van der Waals surface area contributed by atoms with Crippen LogP contribution in [-0.2, 0) is 23.8 Å². The Morgan fingerprint density at radius 2 is 2.20 bits per heavy atom. The van der Waals surface area contributed by atoms with Crippen LogP contribution in [0.25, 0.3) is 0 Å². The van der Waals surface area contributed by atoms with Crippen molar-refractivity contribution in [3.8, 4) is 5.75 Å². The lowest BCUT2D eigenvalue weighted by atomic mass is 10.2. The number of hydrogen-bond donors (Lipinski definition) is 1. The number of rotatable bonds is 6. The van der Waals surface area contributed by atoms with E-state index in [1.54, 1.807) is 12.1 Å². The highest BCUT2D eigenvalue weighted by atomic mass is 32.2. The van der Waals surface area contributed by atoms with Crippen LogP contribution in [0.3, 0.4) is 0 Å². The largest absolute Gasteiger partial charge is 0.480 e. The SMILES string of the molecule is CS(=O)(=O)OCCC[C@@H]1CN(c2ccc3c(n2)NC(=O)CO3)C(=O)O1. The molecule has 0 aliphatic carbocycles. The molecule has 2 aliphatic heterocycles. The molecule has 10 nitrogen and oxygen atoms in total. The standard InChI is InChI=1S/C14H17N3O7S/c1-25(20,21)23-6-2-3-9-7-17(14(19)24-9)11-5-4-10-13(15-11)16-12(18)8-22-10/h4-5,9H,2-3,6-8H2,1H3,(H,15,16,18)/t9-/m1/s1. The molecule has 1 aromatic rings. The Balaban J connectivity index is 1.59. The third-order valence-electron chi connectivity index (χ3n) is 3.58. The van der Waals surface area contributed by atoms with Crippen LogP contribution in [0.5, 0.6) is 5.75 Å². The van der Waals surface area contributed by atoms with Crippen molar-refractivity contribution in [2.45, 2.75) is 18.9 Å². The van der Waals surface area contributed by atoms with Gasteiger partial charge >= 0.3 is 6.09 Å². The number of carbonyl (C=O) groups is 2. The molecule has 0 aromatic carbocycles. The maximum absolute atomic E-state index is 12.0. The van der Waals surface area contributed by atoms with Gasteiger partial charge in [-0.25, -0.2) is 9.78 Å². The second kappa shape index (κ2) is 6.84. The summed E-state index contributed by atoms with van der Waals surface area (Å²) in [6.45, 7) is 0.239. The molecule has 3 rings (SSSR count). The van der Waals surface area contributed by atoms with Crippen molar-refractivity contribution < 1.29 is 31.7 Å². The van der Waals surface area contributed by atoms with Crippen LogP contribution in [-0.4, -0.2) is 57.5 Å². The summed E-state index contributed by atoms with van der Waals surface area (Å²) in [4.78, 5) is 29.0. The normalized spacial score (nSPS) is 19.9. The third-order valence-corrected chi connectivity index (χ3v) is 4.17. The van der Waals surface area contributed by atoms with E-state index in [4.69, 9.17) is 9.47 Å². The Morgan fingerprint density at radius 3 is 2.96 bits per heavy atom. The van der Waals surface area contributed by atoms with Gasteiger partial charge < -0.3 is 14.8 Å². The molecule has 1 atom stereocenters. The van der Waals surface area contributed by atoms with Crippen molar-refractivity contribution in [2.24, 2.45) is 0 Å². The molecular weight excluding hydrogens is 354 g/mol. The summed E-state index contributed by atoms with van der Waals surface area (Å²) in [6, 6.07) is 3.23. The molecule has 2 aliphatic rings. The number of nitrogens with zero attached hydrogens (tertiary/aromatic N) is 2. The summed E-state index contributed by atoms with van der Waals surface area (Å²) in [6.07, 6.45) is 0.932. The topological polar surface area (TPSA) is 124 Å². The van der Waals surface area contributed by atoms with Crippen molar-refractivity contribution in [3.05, 3.63) is 12.1 Å². The number of hydrogen-bond acceptors (Lipinski definition) is 8. The number of fused-ring (bicyclic) bond motifs is 1. The Hall–Kier alpha value is -2.40. The highest BCUT2D eigenvalue weighted by molar-refractivity contribution is 7.85. The van der Waals surface area contributed by atoms with Gasteiger partial charge in [-0.15, -0.1) is 0 Å². The summed E-state index contributed by atoms with van der Waals surface area (Å²) in [5.74, 6) is 0.714. The summed E-state index contributed by atoms with van der Waals surface area (Å²) in [5, 5.41) is 2.58. The van der Waals surface area contributed by atoms with Gasteiger partial charge in [-0.2, -0.15) is 8.42 Å². The second-order valence-corrected chi connectivity index (χ2v) is 7.28. The lowest BCUT2D eigenvalue weighted by Gasteiger charge is -2.19. The monoisotopic (exact) mass is 371 g/mol. The van der Waals surface area contributed by atoms with Gasteiger partial charge in [0.25, 0.3) is 16.0 Å².